The Hall–Kier alpha value is -1.39. The van der Waals surface area contributed by atoms with Crippen LogP contribution in [0.3, 0.4) is 0 Å². The van der Waals surface area contributed by atoms with Gasteiger partial charge in [0, 0.05) is 17.6 Å². The molecule has 0 saturated carbocycles. The lowest BCUT2D eigenvalue weighted by Crippen LogP contribution is -2.41. The zero-order chi connectivity index (χ0) is 15.0. The van der Waals surface area contributed by atoms with Crippen molar-refractivity contribution in [3.8, 4) is 0 Å². The van der Waals surface area contributed by atoms with E-state index in [9.17, 15) is 4.79 Å². The Bertz CT molecular complexity index is 725. The number of aryl methyl sites for hydroxylation is 1. The molecule has 4 nitrogen and oxygen atoms in total. The van der Waals surface area contributed by atoms with E-state index < -0.39 is 0 Å². The standard InChI is InChI=1S/C16H20ClN3O/c1-11-7-12(17)8-14-15(11)18-10-20(16(14)21)9-13-5-3-4-6-19(13)2/h7-8,10,13H,3-6,9H2,1-2H3/t13-/m0/s1. The number of hydrogen-bond acceptors (Lipinski definition) is 3. The maximum Gasteiger partial charge on any atom is 0.261 e. The lowest BCUT2D eigenvalue weighted by molar-refractivity contribution is 0.166. The summed E-state index contributed by atoms with van der Waals surface area (Å²) in [5.74, 6) is 0. The lowest BCUT2D eigenvalue weighted by Gasteiger charge is -2.32. The van der Waals surface area contributed by atoms with Crippen molar-refractivity contribution in [3.63, 3.8) is 0 Å². The molecule has 3 rings (SSSR count). The van der Waals surface area contributed by atoms with E-state index in [1.165, 1.54) is 12.8 Å². The molecule has 112 valence electrons. The van der Waals surface area contributed by atoms with Crippen LogP contribution in [0.2, 0.25) is 5.02 Å². The van der Waals surface area contributed by atoms with Gasteiger partial charge in [-0.05, 0) is 51.1 Å². The SMILES string of the molecule is Cc1cc(Cl)cc2c(=O)n(C[C@@H]3CCCCN3C)cnc12. The highest BCUT2D eigenvalue weighted by molar-refractivity contribution is 6.31. The van der Waals surface area contributed by atoms with Crippen molar-refractivity contribution in [1.82, 2.24) is 14.5 Å². The fourth-order valence-electron chi connectivity index (χ4n) is 3.14. The van der Waals surface area contributed by atoms with Crippen LogP contribution in [-0.2, 0) is 6.54 Å². The highest BCUT2D eigenvalue weighted by atomic mass is 35.5. The van der Waals surface area contributed by atoms with Gasteiger partial charge in [-0.3, -0.25) is 9.36 Å². The molecule has 1 aromatic carbocycles. The number of likely N-dealkylation sites (N-methyl/N-ethyl adjacent to an activating group) is 1. The van der Waals surface area contributed by atoms with Gasteiger partial charge in [0.25, 0.3) is 5.56 Å². The summed E-state index contributed by atoms with van der Waals surface area (Å²) in [6, 6.07) is 3.98. The van der Waals surface area contributed by atoms with Crippen LogP contribution in [0, 0.1) is 6.92 Å². The van der Waals surface area contributed by atoms with Crippen LogP contribution in [0.25, 0.3) is 10.9 Å². The number of halogens is 1. The van der Waals surface area contributed by atoms with Gasteiger partial charge in [-0.25, -0.2) is 4.98 Å². The summed E-state index contributed by atoms with van der Waals surface area (Å²) in [6.07, 6.45) is 5.28. The molecule has 0 aliphatic carbocycles. The first-order valence-corrected chi connectivity index (χ1v) is 7.79. The maximum absolute atomic E-state index is 12.7. The number of fused-ring (bicyclic) bond motifs is 1. The predicted octanol–water partition coefficient (Wildman–Crippen LogP) is 2.84. The van der Waals surface area contributed by atoms with Crippen molar-refractivity contribution < 1.29 is 0 Å². The van der Waals surface area contributed by atoms with Gasteiger partial charge in [-0.15, -0.1) is 0 Å². The number of benzene rings is 1. The third-order valence-corrected chi connectivity index (χ3v) is 4.63. The molecule has 1 aromatic heterocycles. The van der Waals surface area contributed by atoms with Crippen molar-refractivity contribution in [2.24, 2.45) is 0 Å². The predicted molar refractivity (Wildman–Crippen MR) is 86.0 cm³/mol. The Kier molecular flexibility index (Phi) is 4.00. The summed E-state index contributed by atoms with van der Waals surface area (Å²) in [5.41, 5.74) is 1.69. The Morgan fingerprint density at radius 1 is 1.38 bits per heavy atom. The second-order valence-electron chi connectivity index (χ2n) is 5.95. The molecular formula is C16H20ClN3O. The van der Waals surface area contributed by atoms with E-state index >= 15 is 0 Å². The molecule has 0 amide bonds. The van der Waals surface area contributed by atoms with Crippen LogP contribution in [0.5, 0.6) is 0 Å². The number of aromatic nitrogens is 2. The Labute approximate surface area is 129 Å². The maximum atomic E-state index is 12.7. The van der Waals surface area contributed by atoms with Gasteiger partial charge in [0.1, 0.15) is 0 Å². The molecule has 0 N–H and O–H groups in total. The van der Waals surface area contributed by atoms with E-state index in [-0.39, 0.29) is 5.56 Å². The smallest absolute Gasteiger partial charge is 0.261 e. The number of likely N-dealkylation sites (tertiary alicyclic amines) is 1. The van der Waals surface area contributed by atoms with Crippen molar-refractivity contribution in [2.75, 3.05) is 13.6 Å². The van der Waals surface area contributed by atoms with Crippen molar-refractivity contribution >= 4 is 22.5 Å². The average Bonchev–Trinajstić information content (AvgIpc) is 2.44. The molecule has 21 heavy (non-hydrogen) atoms. The highest BCUT2D eigenvalue weighted by Crippen LogP contribution is 2.20. The van der Waals surface area contributed by atoms with E-state index in [1.807, 2.05) is 13.0 Å². The summed E-state index contributed by atoms with van der Waals surface area (Å²) in [6.45, 7) is 3.73. The highest BCUT2D eigenvalue weighted by Gasteiger charge is 2.20. The summed E-state index contributed by atoms with van der Waals surface area (Å²) in [5, 5.41) is 1.20. The molecule has 0 unspecified atom stereocenters. The first-order chi connectivity index (χ1) is 10.1. The molecule has 5 heteroatoms. The van der Waals surface area contributed by atoms with E-state index in [4.69, 9.17) is 11.6 Å². The van der Waals surface area contributed by atoms with Gasteiger partial charge in [0.2, 0.25) is 0 Å². The van der Waals surface area contributed by atoms with E-state index in [1.54, 1.807) is 17.0 Å². The van der Waals surface area contributed by atoms with E-state index in [0.717, 1.165) is 24.0 Å². The lowest BCUT2D eigenvalue weighted by atomic mass is 10.0. The van der Waals surface area contributed by atoms with Crippen molar-refractivity contribution in [2.45, 2.75) is 38.8 Å². The van der Waals surface area contributed by atoms with Crippen LogP contribution in [0.15, 0.2) is 23.3 Å². The topological polar surface area (TPSA) is 38.1 Å². The summed E-state index contributed by atoms with van der Waals surface area (Å²) in [4.78, 5) is 19.5. The Morgan fingerprint density at radius 2 is 2.19 bits per heavy atom. The second kappa shape index (κ2) is 5.78. The average molecular weight is 306 g/mol. The van der Waals surface area contributed by atoms with Gasteiger partial charge in [-0.1, -0.05) is 18.0 Å². The summed E-state index contributed by atoms with van der Waals surface area (Å²) >= 11 is 6.08. The monoisotopic (exact) mass is 305 g/mol. The molecule has 1 aliphatic heterocycles. The van der Waals surface area contributed by atoms with Crippen LogP contribution in [0.4, 0.5) is 0 Å². The van der Waals surface area contributed by atoms with Crippen molar-refractivity contribution in [1.29, 1.82) is 0 Å². The largest absolute Gasteiger partial charge is 0.302 e. The van der Waals surface area contributed by atoms with Crippen LogP contribution < -0.4 is 5.56 Å². The van der Waals surface area contributed by atoms with Crippen LogP contribution in [0.1, 0.15) is 24.8 Å². The van der Waals surface area contributed by atoms with Gasteiger partial charge in [0.15, 0.2) is 0 Å². The fourth-order valence-corrected chi connectivity index (χ4v) is 3.41. The zero-order valence-corrected chi connectivity index (χ0v) is 13.2. The van der Waals surface area contributed by atoms with Crippen LogP contribution >= 0.6 is 11.6 Å². The Balaban J connectivity index is 2.00. The van der Waals surface area contributed by atoms with E-state index in [0.29, 0.717) is 23.0 Å². The normalized spacial score (nSPS) is 20.0. The van der Waals surface area contributed by atoms with Gasteiger partial charge in [0.05, 0.1) is 17.2 Å². The quantitative estimate of drug-likeness (QED) is 0.856. The molecule has 0 bridgehead atoms. The number of rotatable bonds is 2. The molecule has 2 heterocycles. The third kappa shape index (κ3) is 2.83. The molecule has 2 aromatic rings. The zero-order valence-electron chi connectivity index (χ0n) is 12.5. The molecule has 1 atom stereocenters. The van der Waals surface area contributed by atoms with E-state index in [2.05, 4.69) is 16.9 Å². The first kappa shape index (κ1) is 14.5. The molecule has 1 fully saturated rings. The third-order valence-electron chi connectivity index (χ3n) is 4.41. The minimum absolute atomic E-state index is 0.00423. The summed E-state index contributed by atoms with van der Waals surface area (Å²) < 4.78 is 1.73. The fraction of sp³-hybridized carbons (Fsp3) is 0.500. The molecule has 1 saturated heterocycles. The second-order valence-corrected chi connectivity index (χ2v) is 6.39. The number of piperidine rings is 1. The van der Waals surface area contributed by atoms with Gasteiger partial charge >= 0.3 is 0 Å². The minimum Gasteiger partial charge on any atom is -0.302 e. The molecule has 0 spiro atoms. The van der Waals surface area contributed by atoms with Gasteiger partial charge in [-0.2, -0.15) is 0 Å². The van der Waals surface area contributed by atoms with Crippen molar-refractivity contribution in [3.05, 3.63) is 39.4 Å². The molecule has 0 radical (unpaired) electrons. The number of hydrogen-bond donors (Lipinski definition) is 0. The number of nitrogens with zero attached hydrogens (tertiary/aromatic N) is 3. The summed E-state index contributed by atoms with van der Waals surface area (Å²) in [7, 11) is 2.13. The molecular weight excluding hydrogens is 286 g/mol. The Morgan fingerprint density at radius 3 is 2.95 bits per heavy atom. The minimum atomic E-state index is 0.00423. The molecule has 1 aliphatic rings. The van der Waals surface area contributed by atoms with Crippen LogP contribution in [-0.4, -0.2) is 34.1 Å². The van der Waals surface area contributed by atoms with Gasteiger partial charge < -0.3 is 4.90 Å². The first-order valence-electron chi connectivity index (χ1n) is 7.42.